The van der Waals surface area contributed by atoms with Gasteiger partial charge in [-0.25, -0.2) is 4.98 Å². The minimum atomic E-state index is -0.186. The third-order valence-corrected chi connectivity index (χ3v) is 4.65. The summed E-state index contributed by atoms with van der Waals surface area (Å²) in [7, 11) is 0. The molecule has 0 fully saturated rings. The highest BCUT2D eigenvalue weighted by molar-refractivity contribution is 8.01. The average Bonchev–Trinajstić information content (AvgIpc) is 2.62. The minimum absolute atomic E-state index is 0. The standard InChI is InChI=1S/C18H15N3OS2.4H2O.H2/c22-18(20-17-7-3-4-12-19-17)13-8-10-14(11-9-13)21-24-16-6-2-1-5-15(16)23;;;;;/h1-12,21,23H,(H,19,20,22);4*1H2;1H. The van der Waals surface area contributed by atoms with Crippen LogP contribution < -0.4 is 10.0 Å². The Morgan fingerprint density at radius 3 is 2.14 bits per heavy atom. The number of amides is 1. The van der Waals surface area contributed by atoms with E-state index in [2.05, 4.69) is 27.7 Å². The van der Waals surface area contributed by atoms with Crippen LogP contribution in [-0.4, -0.2) is 32.8 Å². The van der Waals surface area contributed by atoms with Gasteiger partial charge in [0.15, 0.2) is 0 Å². The van der Waals surface area contributed by atoms with E-state index >= 15 is 0 Å². The van der Waals surface area contributed by atoms with Gasteiger partial charge in [-0.3, -0.25) is 4.79 Å². The molecule has 0 spiro atoms. The third kappa shape index (κ3) is 7.56. The first-order chi connectivity index (χ1) is 11.7. The number of hydrogen-bond donors (Lipinski definition) is 3. The molecule has 10 N–H and O–H groups in total. The lowest BCUT2D eigenvalue weighted by Gasteiger charge is -2.08. The maximum Gasteiger partial charge on any atom is 0.256 e. The smallest absolute Gasteiger partial charge is 0.256 e. The van der Waals surface area contributed by atoms with Crippen LogP contribution in [0.2, 0.25) is 0 Å². The van der Waals surface area contributed by atoms with Crippen LogP contribution in [0.5, 0.6) is 0 Å². The van der Waals surface area contributed by atoms with Crippen molar-refractivity contribution in [2.24, 2.45) is 0 Å². The van der Waals surface area contributed by atoms with Crippen molar-refractivity contribution >= 4 is 42.0 Å². The van der Waals surface area contributed by atoms with E-state index in [9.17, 15) is 4.79 Å². The lowest BCUT2D eigenvalue weighted by molar-refractivity contribution is 0.102. The molecule has 8 nitrogen and oxygen atoms in total. The lowest BCUT2D eigenvalue weighted by atomic mass is 10.2. The zero-order valence-electron chi connectivity index (χ0n) is 14.6. The van der Waals surface area contributed by atoms with Gasteiger partial charge < -0.3 is 31.9 Å². The highest BCUT2D eigenvalue weighted by atomic mass is 32.2. The van der Waals surface area contributed by atoms with Crippen LogP contribution in [0.15, 0.2) is 82.7 Å². The molecule has 2 aromatic carbocycles. The van der Waals surface area contributed by atoms with E-state index in [-0.39, 0.29) is 29.2 Å². The topological polar surface area (TPSA) is 180 Å². The predicted molar refractivity (Wildman–Crippen MR) is 118 cm³/mol. The van der Waals surface area contributed by atoms with E-state index in [0.717, 1.165) is 15.5 Å². The number of nitrogens with zero attached hydrogens (tertiary/aromatic N) is 1. The van der Waals surface area contributed by atoms with Crippen LogP contribution in [0.1, 0.15) is 11.8 Å². The molecule has 0 saturated carbocycles. The summed E-state index contributed by atoms with van der Waals surface area (Å²) in [5.74, 6) is 0.347. The molecule has 154 valence electrons. The predicted octanol–water partition coefficient (Wildman–Crippen LogP) is 1.69. The van der Waals surface area contributed by atoms with Crippen molar-refractivity contribution in [1.82, 2.24) is 4.98 Å². The summed E-state index contributed by atoms with van der Waals surface area (Å²) in [6.45, 7) is 0. The average molecular weight is 428 g/mol. The lowest BCUT2D eigenvalue weighted by Crippen LogP contribution is -2.12. The fraction of sp³-hybridized carbons (Fsp3) is 0. The Kier molecular flexibility index (Phi) is 13.4. The summed E-state index contributed by atoms with van der Waals surface area (Å²) >= 11 is 5.90. The molecule has 0 aliphatic rings. The number of pyridine rings is 1. The molecule has 10 heteroatoms. The Bertz CT molecular complexity index is 842. The summed E-state index contributed by atoms with van der Waals surface area (Å²) in [4.78, 5) is 18.2. The summed E-state index contributed by atoms with van der Waals surface area (Å²) in [5, 5.41) is 2.76. The van der Waals surface area contributed by atoms with Gasteiger partial charge in [0.05, 0.1) is 0 Å². The fourth-order valence-corrected chi connectivity index (χ4v) is 2.95. The maximum atomic E-state index is 12.2. The van der Waals surface area contributed by atoms with E-state index < -0.39 is 0 Å². The molecule has 0 aliphatic heterocycles. The van der Waals surface area contributed by atoms with Gasteiger partial charge in [0, 0.05) is 28.7 Å². The van der Waals surface area contributed by atoms with Gasteiger partial charge in [-0.1, -0.05) is 18.2 Å². The van der Waals surface area contributed by atoms with Crippen LogP contribution in [0, 0.1) is 0 Å². The number of hydrogen-bond acceptors (Lipinski definition) is 5. The molecule has 3 rings (SSSR count). The summed E-state index contributed by atoms with van der Waals surface area (Å²) < 4.78 is 3.24. The molecule has 0 saturated heterocycles. The molecule has 1 heterocycles. The molecule has 0 atom stereocenters. The Morgan fingerprint density at radius 2 is 1.54 bits per heavy atom. The molecule has 0 bridgehead atoms. The van der Waals surface area contributed by atoms with Crippen molar-refractivity contribution in [3.63, 3.8) is 0 Å². The Balaban J connectivity index is -0.00000135. The van der Waals surface area contributed by atoms with Crippen molar-refractivity contribution in [3.8, 4) is 0 Å². The number of nitrogens with one attached hydrogen (secondary N) is 2. The second kappa shape index (κ2) is 13.6. The molecular weight excluding hydrogens is 402 g/mol. The zero-order chi connectivity index (χ0) is 16.8. The molecular formula is C18H25N3O5S2. The number of thiol groups is 1. The van der Waals surface area contributed by atoms with Gasteiger partial charge in [-0.15, -0.1) is 12.6 Å². The van der Waals surface area contributed by atoms with Gasteiger partial charge in [-0.2, -0.15) is 0 Å². The van der Waals surface area contributed by atoms with Crippen molar-refractivity contribution < 1.29 is 28.1 Å². The van der Waals surface area contributed by atoms with Gasteiger partial charge in [-0.05, 0) is 60.5 Å². The zero-order valence-corrected chi connectivity index (χ0v) is 16.4. The summed E-state index contributed by atoms with van der Waals surface area (Å²) in [6, 6.07) is 20.5. The Hall–Kier alpha value is -2.60. The van der Waals surface area contributed by atoms with Crippen LogP contribution in [0.25, 0.3) is 0 Å². The molecule has 28 heavy (non-hydrogen) atoms. The maximum absolute atomic E-state index is 12.2. The van der Waals surface area contributed by atoms with Crippen LogP contribution in [-0.2, 0) is 0 Å². The summed E-state index contributed by atoms with van der Waals surface area (Å²) in [5.41, 5.74) is 1.48. The number of carbonyl (C=O) groups excluding carboxylic acids is 1. The van der Waals surface area contributed by atoms with Crippen molar-refractivity contribution in [3.05, 3.63) is 78.5 Å². The number of rotatable bonds is 5. The van der Waals surface area contributed by atoms with Crippen molar-refractivity contribution in [2.75, 3.05) is 10.0 Å². The minimum Gasteiger partial charge on any atom is -0.412 e. The van der Waals surface area contributed by atoms with Crippen molar-refractivity contribution in [1.29, 1.82) is 0 Å². The van der Waals surface area contributed by atoms with Crippen LogP contribution in [0.4, 0.5) is 11.5 Å². The van der Waals surface area contributed by atoms with E-state index in [1.807, 2.05) is 42.5 Å². The molecule has 0 radical (unpaired) electrons. The second-order valence-electron chi connectivity index (χ2n) is 4.92. The van der Waals surface area contributed by atoms with Gasteiger partial charge in [0.1, 0.15) is 5.82 Å². The van der Waals surface area contributed by atoms with Crippen molar-refractivity contribution in [2.45, 2.75) is 9.79 Å². The van der Waals surface area contributed by atoms with Crippen LogP contribution >= 0.6 is 24.6 Å². The molecule has 3 aromatic rings. The van der Waals surface area contributed by atoms with Crippen LogP contribution in [0.3, 0.4) is 0 Å². The normalized spacial score (nSPS) is 8.75. The quantitative estimate of drug-likeness (QED) is 0.414. The Morgan fingerprint density at radius 1 is 0.893 bits per heavy atom. The monoisotopic (exact) mass is 427 g/mol. The molecule has 1 aromatic heterocycles. The second-order valence-corrected chi connectivity index (χ2v) is 6.25. The third-order valence-electron chi connectivity index (χ3n) is 3.20. The fourth-order valence-electron chi connectivity index (χ4n) is 1.97. The van der Waals surface area contributed by atoms with E-state index in [0.29, 0.717) is 11.4 Å². The number of carbonyl (C=O) groups is 1. The first-order valence-electron chi connectivity index (χ1n) is 7.26. The van der Waals surface area contributed by atoms with Gasteiger partial charge >= 0.3 is 0 Å². The van der Waals surface area contributed by atoms with Gasteiger partial charge in [0.25, 0.3) is 5.91 Å². The number of aromatic nitrogens is 1. The highest BCUT2D eigenvalue weighted by Crippen LogP contribution is 2.26. The number of anilines is 2. The summed E-state index contributed by atoms with van der Waals surface area (Å²) in [6.07, 6.45) is 1.64. The SMILES string of the molecule is O.O.O.O.O=C(Nc1ccccn1)c1ccc(NSc2ccccc2S)cc1.[HH]. The molecule has 1 amide bonds. The van der Waals surface area contributed by atoms with E-state index in [4.69, 9.17) is 0 Å². The number of benzene rings is 2. The first kappa shape index (κ1) is 27.6. The first-order valence-corrected chi connectivity index (χ1v) is 8.52. The Labute approximate surface area is 173 Å². The molecule has 0 aliphatic carbocycles. The van der Waals surface area contributed by atoms with E-state index in [1.165, 1.54) is 11.9 Å². The van der Waals surface area contributed by atoms with E-state index in [1.54, 1.807) is 30.5 Å². The largest absolute Gasteiger partial charge is 0.412 e. The molecule has 0 unspecified atom stereocenters. The highest BCUT2D eigenvalue weighted by Gasteiger charge is 2.06. The van der Waals surface area contributed by atoms with Gasteiger partial charge in [0.2, 0.25) is 0 Å².